The monoisotopic (exact) mass is 385 g/mol. The van der Waals surface area contributed by atoms with Crippen LogP contribution in [0.25, 0.3) is 10.9 Å². The first-order valence-electron chi connectivity index (χ1n) is 9.85. The minimum atomic E-state index is -1.06. The van der Waals surface area contributed by atoms with Crippen LogP contribution in [-0.2, 0) is 20.8 Å². The van der Waals surface area contributed by atoms with E-state index in [0.29, 0.717) is 25.9 Å². The second kappa shape index (κ2) is 8.91. The van der Waals surface area contributed by atoms with Crippen LogP contribution in [0.4, 0.5) is 0 Å². The number of benzene rings is 1. The van der Waals surface area contributed by atoms with Crippen molar-refractivity contribution < 1.29 is 19.5 Å². The molecule has 150 valence electrons. The van der Waals surface area contributed by atoms with Crippen LogP contribution in [0.5, 0.6) is 0 Å². The van der Waals surface area contributed by atoms with Gasteiger partial charge in [-0.05, 0) is 30.9 Å². The highest BCUT2D eigenvalue weighted by molar-refractivity contribution is 5.88. The quantitative estimate of drug-likeness (QED) is 0.681. The number of H-pyrrole nitrogens is 1. The van der Waals surface area contributed by atoms with Crippen molar-refractivity contribution in [2.45, 2.75) is 45.1 Å². The van der Waals surface area contributed by atoms with Crippen LogP contribution < -0.4 is 5.32 Å². The molecule has 2 atom stereocenters. The molecule has 7 heteroatoms. The van der Waals surface area contributed by atoms with Gasteiger partial charge in [0.1, 0.15) is 6.04 Å². The highest BCUT2D eigenvalue weighted by Gasteiger charge is 2.31. The molecule has 0 bridgehead atoms. The molecule has 0 radical (unpaired) electrons. The molecule has 28 heavy (non-hydrogen) atoms. The van der Waals surface area contributed by atoms with Crippen molar-refractivity contribution in [1.29, 1.82) is 0 Å². The number of carbonyl (C=O) groups is 3. The maximum Gasteiger partial charge on any atom is 0.326 e. The van der Waals surface area contributed by atoms with E-state index in [0.717, 1.165) is 29.3 Å². The normalized spacial score (nSPS) is 18.0. The van der Waals surface area contributed by atoms with E-state index in [1.165, 1.54) is 0 Å². The molecule has 1 saturated heterocycles. The van der Waals surface area contributed by atoms with E-state index >= 15 is 0 Å². The van der Waals surface area contributed by atoms with Gasteiger partial charge in [-0.25, -0.2) is 4.79 Å². The molecule has 7 nitrogen and oxygen atoms in total. The number of hydrogen-bond donors (Lipinski definition) is 3. The number of nitrogens with one attached hydrogen (secondary N) is 2. The second-order valence-electron chi connectivity index (χ2n) is 7.39. The lowest BCUT2D eigenvalue weighted by atomic mass is 9.95. The Labute approximate surface area is 164 Å². The van der Waals surface area contributed by atoms with Gasteiger partial charge >= 0.3 is 5.97 Å². The van der Waals surface area contributed by atoms with Gasteiger partial charge in [-0.3, -0.25) is 9.59 Å². The summed E-state index contributed by atoms with van der Waals surface area (Å²) in [6, 6.07) is 6.66. The predicted molar refractivity (Wildman–Crippen MR) is 106 cm³/mol. The van der Waals surface area contributed by atoms with E-state index < -0.39 is 12.0 Å². The van der Waals surface area contributed by atoms with Crippen molar-refractivity contribution in [3.63, 3.8) is 0 Å². The molecule has 0 saturated carbocycles. The molecule has 1 aromatic heterocycles. The molecule has 2 amide bonds. The van der Waals surface area contributed by atoms with Crippen LogP contribution in [0, 0.1) is 5.92 Å². The molecule has 2 heterocycles. The summed E-state index contributed by atoms with van der Waals surface area (Å²) in [6.07, 6.45) is 4.67. The van der Waals surface area contributed by atoms with Crippen molar-refractivity contribution in [3.05, 3.63) is 36.0 Å². The number of piperidine rings is 1. The Kier molecular flexibility index (Phi) is 6.34. The number of aromatic nitrogens is 1. The Morgan fingerprint density at radius 1 is 1.32 bits per heavy atom. The molecule has 1 aliphatic heterocycles. The second-order valence-corrected chi connectivity index (χ2v) is 7.39. The minimum absolute atomic E-state index is 0.0635. The summed E-state index contributed by atoms with van der Waals surface area (Å²) >= 11 is 0. The van der Waals surface area contributed by atoms with Crippen LogP contribution in [-0.4, -0.2) is 51.9 Å². The van der Waals surface area contributed by atoms with Gasteiger partial charge in [0, 0.05) is 43.0 Å². The van der Waals surface area contributed by atoms with Gasteiger partial charge in [0.2, 0.25) is 11.8 Å². The minimum Gasteiger partial charge on any atom is -0.480 e. The third-order valence-corrected chi connectivity index (χ3v) is 5.32. The van der Waals surface area contributed by atoms with Crippen LogP contribution in [0.3, 0.4) is 0 Å². The zero-order valence-corrected chi connectivity index (χ0v) is 16.1. The van der Waals surface area contributed by atoms with E-state index in [-0.39, 0.29) is 24.2 Å². The summed E-state index contributed by atoms with van der Waals surface area (Å²) in [4.78, 5) is 41.4. The maximum atomic E-state index is 12.7. The van der Waals surface area contributed by atoms with E-state index in [9.17, 15) is 19.5 Å². The molecule has 0 spiro atoms. The van der Waals surface area contributed by atoms with Crippen molar-refractivity contribution >= 4 is 28.7 Å². The van der Waals surface area contributed by atoms with Crippen LogP contribution in [0.2, 0.25) is 0 Å². The lowest BCUT2D eigenvalue weighted by Crippen LogP contribution is -2.50. The first-order valence-corrected chi connectivity index (χ1v) is 9.85. The highest BCUT2D eigenvalue weighted by atomic mass is 16.4. The van der Waals surface area contributed by atoms with Gasteiger partial charge in [0.15, 0.2) is 0 Å². The lowest BCUT2D eigenvalue weighted by Gasteiger charge is -2.32. The fraction of sp³-hybridized carbons (Fsp3) is 0.476. The number of likely N-dealkylation sites (tertiary alicyclic amines) is 1. The van der Waals surface area contributed by atoms with E-state index in [1.54, 1.807) is 11.1 Å². The molecular formula is C21H27N3O4. The van der Waals surface area contributed by atoms with Crippen LogP contribution in [0.1, 0.15) is 38.2 Å². The number of aromatic amines is 1. The molecule has 1 fully saturated rings. The fourth-order valence-electron chi connectivity index (χ4n) is 3.80. The van der Waals surface area contributed by atoms with Crippen molar-refractivity contribution in [3.8, 4) is 0 Å². The number of hydrogen-bond acceptors (Lipinski definition) is 3. The number of fused-ring (bicyclic) bond motifs is 1. The Bertz CT molecular complexity index is 860. The Balaban J connectivity index is 1.66. The number of carbonyl (C=O) groups excluding carboxylic acids is 2. The summed E-state index contributed by atoms with van der Waals surface area (Å²) in [5.74, 6) is -1.65. The predicted octanol–water partition coefficient (Wildman–Crippen LogP) is 2.32. The SMILES string of the molecule is CCCC(=O)N1CCCC(C(=O)NC(Cc2c[nH]c3ccccc23)C(=O)O)C1. The maximum absolute atomic E-state index is 12.7. The first kappa shape index (κ1) is 19.9. The van der Waals surface area contributed by atoms with Gasteiger partial charge in [-0.2, -0.15) is 0 Å². The van der Waals surface area contributed by atoms with Gasteiger partial charge in [-0.15, -0.1) is 0 Å². The molecule has 2 aromatic rings. The van der Waals surface area contributed by atoms with Gasteiger partial charge in [-0.1, -0.05) is 25.1 Å². The third kappa shape index (κ3) is 4.52. The van der Waals surface area contributed by atoms with E-state index in [2.05, 4.69) is 10.3 Å². The van der Waals surface area contributed by atoms with Gasteiger partial charge in [0.25, 0.3) is 0 Å². The third-order valence-electron chi connectivity index (χ3n) is 5.32. The fourth-order valence-corrected chi connectivity index (χ4v) is 3.80. The molecule has 3 N–H and O–H groups in total. The number of rotatable bonds is 7. The molecule has 1 aromatic carbocycles. The number of carboxylic acid groups (broad SMARTS) is 1. The van der Waals surface area contributed by atoms with E-state index in [1.807, 2.05) is 31.2 Å². The highest BCUT2D eigenvalue weighted by Crippen LogP contribution is 2.21. The van der Waals surface area contributed by atoms with Crippen LogP contribution in [0.15, 0.2) is 30.5 Å². The standard InChI is InChI=1S/C21H27N3O4/c1-2-6-19(25)24-10-5-7-14(13-24)20(26)23-18(21(27)28)11-15-12-22-17-9-4-3-8-16(15)17/h3-4,8-9,12,14,18,22H,2,5-7,10-11,13H2,1H3,(H,23,26)(H,27,28). The zero-order valence-electron chi connectivity index (χ0n) is 16.1. The van der Waals surface area contributed by atoms with Crippen molar-refractivity contribution in [2.75, 3.05) is 13.1 Å². The smallest absolute Gasteiger partial charge is 0.326 e. The number of carboxylic acids is 1. The van der Waals surface area contributed by atoms with E-state index in [4.69, 9.17) is 0 Å². The summed E-state index contributed by atoms with van der Waals surface area (Å²) in [5.41, 5.74) is 1.79. The molecule has 0 aliphatic carbocycles. The molecular weight excluding hydrogens is 358 g/mol. The summed E-state index contributed by atoms with van der Waals surface area (Å²) in [6.45, 7) is 2.98. The Morgan fingerprint density at radius 2 is 2.11 bits per heavy atom. The van der Waals surface area contributed by atoms with Gasteiger partial charge in [0.05, 0.1) is 5.92 Å². The first-order chi connectivity index (χ1) is 13.5. The summed E-state index contributed by atoms with van der Waals surface area (Å²) < 4.78 is 0. The Morgan fingerprint density at radius 3 is 2.86 bits per heavy atom. The molecule has 1 aliphatic rings. The van der Waals surface area contributed by atoms with Crippen molar-refractivity contribution in [2.24, 2.45) is 5.92 Å². The summed E-state index contributed by atoms with van der Waals surface area (Å²) in [5, 5.41) is 13.3. The van der Waals surface area contributed by atoms with Crippen LogP contribution >= 0.6 is 0 Å². The van der Waals surface area contributed by atoms with Crippen molar-refractivity contribution in [1.82, 2.24) is 15.2 Å². The topological polar surface area (TPSA) is 103 Å². The number of amides is 2. The molecule has 2 unspecified atom stereocenters. The zero-order chi connectivity index (χ0) is 20.1. The largest absolute Gasteiger partial charge is 0.480 e. The average molecular weight is 385 g/mol. The number of aliphatic carboxylic acids is 1. The Hall–Kier alpha value is -2.83. The lowest BCUT2D eigenvalue weighted by molar-refractivity contribution is -0.143. The van der Waals surface area contributed by atoms with Gasteiger partial charge < -0.3 is 20.3 Å². The molecule has 3 rings (SSSR count). The number of para-hydroxylation sites is 1. The average Bonchev–Trinajstić information content (AvgIpc) is 3.10. The summed E-state index contributed by atoms with van der Waals surface area (Å²) in [7, 11) is 0. The number of nitrogens with zero attached hydrogens (tertiary/aromatic N) is 1.